The van der Waals surface area contributed by atoms with Crippen molar-refractivity contribution in [2.45, 2.75) is 57.0 Å². The molecule has 15 heteroatoms. The highest BCUT2D eigenvalue weighted by atomic mass is 16.5. The molecule has 0 fully saturated rings. The maximum Gasteiger partial charge on any atom is 0.406 e. The fourth-order valence-electron chi connectivity index (χ4n) is 2.91. The molecule has 0 bridgehead atoms. The minimum atomic E-state index is -0.745. The molecule has 0 saturated carbocycles. The van der Waals surface area contributed by atoms with Crippen molar-refractivity contribution in [2.75, 3.05) is 39.8 Å². The fourth-order valence-corrected chi connectivity index (χ4v) is 2.91. The van der Waals surface area contributed by atoms with Crippen molar-refractivity contribution in [3.8, 4) is 0 Å². The molecular formula is C21H40N8O7. The van der Waals surface area contributed by atoms with Crippen molar-refractivity contribution in [3.05, 3.63) is 0 Å². The summed E-state index contributed by atoms with van der Waals surface area (Å²) in [6.07, 6.45) is 2.14. The lowest BCUT2D eigenvalue weighted by Gasteiger charge is -2.22. The van der Waals surface area contributed by atoms with Gasteiger partial charge in [0.1, 0.15) is 13.1 Å². The Morgan fingerprint density at radius 3 is 1.56 bits per heavy atom. The number of unbranched alkanes of at least 4 members (excludes halogenated alkanes) is 2. The van der Waals surface area contributed by atoms with Crippen molar-refractivity contribution in [3.63, 3.8) is 0 Å². The maximum atomic E-state index is 12.6. The van der Waals surface area contributed by atoms with E-state index in [0.717, 1.165) is 4.90 Å². The second kappa shape index (κ2) is 18.8. The summed E-state index contributed by atoms with van der Waals surface area (Å²) < 4.78 is 4.44. The van der Waals surface area contributed by atoms with Crippen LogP contribution in [0.25, 0.3) is 0 Å². The highest BCUT2D eigenvalue weighted by Gasteiger charge is 2.20. The minimum absolute atomic E-state index is 0.0362. The number of nitrogens with zero attached hydrogens (tertiary/aromatic N) is 1. The summed E-state index contributed by atoms with van der Waals surface area (Å²) >= 11 is 0. The minimum Gasteiger partial charge on any atom is -0.453 e. The third kappa shape index (κ3) is 16.2. The zero-order valence-electron chi connectivity index (χ0n) is 20.8. The molecule has 36 heavy (non-hydrogen) atoms. The zero-order valence-corrected chi connectivity index (χ0v) is 20.8. The van der Waals surface area contributed by atoms with Gasteiger partial charge >= 0.3 is 6.09 Å². The average Bonchev–Trinajstić information content (AvgIpc) is 2.82. The largest absolute Gasteiger partial charge is 0.453 e. The molecule has 0 aliphatic carbocycles. The number of carbonyl (C=O) groups is 6. The SMILES string of the molecule is COC(=O)NCCC(=O)N(CC(=O)NCCCCC(N)C(N)=O)CC(=O)NCCCCC(N)C(N)=O. The second-order valence-corrected chi connectivity index (χ2v) is 8.13. The predicted octanol–water partition coefficient (Wildman–Crippen LogP) is -3.24. The van der Waals surface area contributed by atoms with Crippen molar-refractivity contribution < 1.29 is 33.5 Å². The van der Waals surface area contributed by atoms with Crippen molar-refractivity contribution >= 4 is 35.6 Å². The predicted molar refractivity (Wildman–Crippen MR) is 130 cm³/mol. The average molecular weight is 517 g/mol. The Bertz CT molecular complexity index is 706. The van der Waals surface area contributed by atoms with Gasteiger partial charge in [0.2, 0.25) is 29.5 Å². The summed E-state index contributed by atoms with van der Waals surface area (Å²) in [4.78, 5) is 71.3. The first-order chi connectivity index (χ1) is 17.0. The smallest absolute Gasteiger partial charge is 0.406 e. The number of hydrogen-bond acceptors (Lipinski definition) is 9. The van der Waals surface area contributed by atoms with Crippen LogP contribution in [0.2, 0.25) is 0 Å². The molecule has 0 aromatic heterocycles. The molecule has 2 atom stereocenters. The second-order valence-electron chi connectivity index (χ2n) is 8.13. The number of alkyl carbamates (subject to hydrolysis) is 1. The number of carbonyl (C=O) groups excluding carboxylic acids is 6. The number of nitrogens with one attached hydrogen (secondary N) is 3. The summed E-state index contributed by atoms with van der Waals surface area (Å²) in [5.41, 5.74) is 21.3. The van der Waals surface area contributed by atoms with Crippen LogP contribution >= 0.6 is 0 Å². The molecular weight excluding hydrogens is 476 g/mol. The van der Waals surface area contributed by atoms with Crippen LogP contribution in [0.3, 0.4) is 0 Å². The molecule has 0 aliphatic rings. The van der Waals surface area contributed by atoms with Crippen LogP contribution in [0.4, 0.5) is 4.79 Å². The van der Waals surface area contributed by atoms with Gasteiger partial charge in [-0.3, -0.25) is 24.0 Å². The summed E-state index contributed by atoms with van der Waals surface area (Å²) in [5.74, 6) is -2.66. The van der Waals surface area contributed by atoms with Gasteiger partial charge in [0.15, 0.2) is 0 Å². The number of hydrogen-bond donors (Lipinski definition) is 7. The van der Waals surface area contributed by atoms with E-state index in [1.165, 1.54) is 7.11 Å². The number of ether oxygens (including phenoxy) is 1. The zero-order chi connectivity index (χ0) is 27.5. The molecule has 0 heterocycles. The van der Waals surface area contributed by atoms with Gasteiger partial charge in [0.25, 0.3) is 0 Å². The van der Waals surface area contributed by atoms with Gasteiger partial charge in [-0.2, -0.15) is 0 Å². The van der Waals surface area contributed by atoms with E-state index in [9.17, 15) is 28.8 Å². The fraction of sp³-hybridized carbons (Fsp3) is 0.714. The quantitative estimate of drug-likeness (QED) is 0.0850. The highest BCUT2D eigenvalue weighted by Crippen LogP contribution is 2.00. The summed E-state index contributed by atoms with van der Waals surface area (Å²) in [6.45, 7) is -0.186. The Labute approximate surface area is 210 Å². The van der Waals surface area contributed by atoms with Crippen molar-refractivity contribution in [1.82, 2.24) is 20.9 Å². The third-order valence-corrected chi connectivity index (χ3v) is 5.07. The van der Waals surface area contributed by atoms with E-state index in [-0.39, 0.29) is 39.1 Å². The first-order valence-electron chi connectivity index (χ1n) is 11.7. The van der Waals surface area contributed by atoms with Crippen LogP contribution in [0.1, 0.15) is 44.9 Å². The Morgan fingerprint density at radius 1 is 0.722 bits per heavy atom. The molecule has 0 rings (SSSR count). The van der Waals surface area contributed by atoms with Crippen LogP contribution in [-0.4, -0.2) is 92.4 Å². The summed E-state index contributed by atoms with van der Waals surface area (Å²) in [7, 11) is 1.18. The molecule has 0 radical (unpaired) electrons. The van der Waals surface area contributed by atoms with E-state index >= 15 is 0 Å². The monoisotopic (exact) mass is 516 g/mol. The number of nitrogens with two attached hydrogens (primary N) is 4. The van der Waals surface area contributed by atoms with Crippen molar-refractivity contribution in [2.24, 2.45) is 22.9 Å². The van der Waals surface area contributed by atoms with E-state index < -0.39 is 47.7 Å². The van der Waals surface area contributed by atoms with Gasteiger partial charge < -0.3 is 48.5 Å². The normalized spacial score (nSPS) is 12.1. The highest BCUT2D eigenvalue weighted by molar-refractivity contribution is 5.89. The standard InChI is InChI=1S/C21H40N8O7/c1-36-21(35)28-11-8-18(32)29(12-16(30)26-9-4-2-6-14(22)19(24)33)13-17(31)27-10-5-3-7-15(23)20(25)34/h14-15H,2-13,22-23H2,1H3,(H2,24,33)(H2,25,34)(H,26,30)(H,27,31)(H,28,35). The van der Waals surface area contributed by atoms with Gasteiger partial charge in [-0.15, -0.1) is 0 Å². The first kappa shape index (κ1) is 32.5. The van der Waals surface area contributed by atoms with Gasteiger partial charge in [-0.25, -0.2) is 4.79 Å². The van der Waals surface area contributed by atoms with E-state index in [2.05, 4.69) is 20.7 Å². The van der Waals surface area contributed by atoms with Crippen LogP contribution in [0.5, 0.6) is 0 Å². The van der Waals surface area contributed by atoms with Gasteiger partial charge in [-0.05, 0) is 38.5 Å². The van der Waals surface area contributed by atoms with E-state index in [1.54, 1.807) is 0 Å². The summed E-state index contributed by atoms with van der Waals surface area (Å²) in [6, 6.07) is -1.49. The lowest BCUT2D eigenvalue weighted by atomic mass is 10.1. The lowest BCUT2D eigenvalue weighted by Crippen LogP contribution is -2.46. The Morgan fingerprint density at radius 2 is 1.17 bits per heavy atom. The topological polar surface area (TPSA) is 255 Å². The molecule has 6 amide bonds. The van der Waals surface area contributed by atoms with Crippen LogP contribution < -0.4 is 38.9 Å². The first-order valence-corrected chi connectivity index (χ1v) is 11.7. The molecule has 0 aromatic carbocycles. The molecule has 0 spiro atoms. The van der Waals surface area contributed by atoms with E-state index in [1.807, 2.05) is 0 Å². The number of methoxy groups -OCH3 is 1. The van der Waals surface area contributed by atoms with Crippen LogP contribution in [0.15, 0.2) is 0 Å². The molecule has 15 nitrogen and oxygen atoms in total. The van der Waals surface area contributed by atoms with E-state index in [4.69, 9.17) is 22.9 Å². The Balaban J connectivity index is 4.63. The molecule has 2 unspecified atom stereocenters. The van der Waals surface area contributed by atoms with Crippen LogP contribution in [-0.2, 0) is 28.7 Å². The van der Waals surface area contributed by atoms with Gasteiger partial charge in [0.05, 0.1) is 19.2 Å². The molecule has 0 aliphatic heterocycles. The third-order valence-electron chi connectivity index (χ3n) is 5.07. The number of primary amides is 2. The Kier molecular flexibility index (Phi) is 17.0. The van der Waals surface area contributed by atoms with Gasteiger partial charge in [0, 0.05) is 26.1 Å². The lowest BCUT2D eigenvalue weighted by molar-refractivity contribution is -0.139. The van der Waals surface area contributed by atoms with E-state index in [0.29, 0.717) is 38.5 Å². The van der Waals surface area contributed by atoms with Crippen molar-refractivity contribution in [1.29, 1.82) is 0 Å². The van der Waals surface area contributed by atoms with Crippen LogP contribution in [0, 0.1) is 0 Å². The Hall–Kier alpha value is -3.46. The molecule has 0 saturated heterocycles. The van der Waals surface area contributed by atoms with Gasteiger partial charge in [-0.1, -0.05) is 0 Å². The molecule has 11 N–H and O–H groups in total. The summed E-state index contributed by atoms with van der Waals surface area (Å²) in [5, 5.41) is 7.65. The maximum absolute atomic E-state index is 12.6. The molecule has 0 aromatic rings. The number of amides is 6. The number of rotatable bonds is 19. The molecule has 206 valence electrons.